The van der Waals surface area contributed by atoms with Crippen molar-refractivity contribution < 1.29 is 9.53 Å². The number of nitrogens with one attached hydrogen (secondary N) is 2. The van der Waals surface area contributed by atoms with Crippen LogP contribution in [0.4, 0.5) is 10.5 Å². The van der Waals surface area contributed by atoms with Gasteiger partial charge in [0.1, 0.15) is 24.2 Å². The normalized spacial score (nSPS) is 11.5. The van der Waals surface area contributed by atoms with Gasteiger partial charge < -0.3 is 15.4 Å². The van der Waals surface area contributed by atoms with Gasteiger partial charge >= 0.3 is 6.03 Å². The van der Waals surface area contributed by atoms with Crippen LogP contribution in [-0.2, 0) is 6.54 Å². The molecule has 0 radical (unpaired) electrons. The third-order valence-electron chi connectivity index (χ3n) is 4.64. The summed E-state index contributed by atoms with van der Waals surface area (Å²) in [7, 11) is 0. The Morgan fingerprint density at radius 3 is 2.68 bits per heavy atom. The Kier molecular flexibility index (Phi) is 6.18. The molecule has 0 fully saturated rings. The predicted octanol–water partition coefficient (Wildman–Crippen LogP) is 4.34. The van der Waals surface area contributed by atoms with Crippen molar-refractivity contribution in [2.45, 2.75) is 19.5 Å². The van der Waals surface area contributed by atoms with E-state index in [1.165, 1.54) is 6.33 Å². The first-order valence-electron chi connectivity index (χ1n) is 9.81. The highest BCUT2D eigenvalue weighted by molar-refractivity contribution is 5.89. The number of ether oxygens (including phenoxy) is 1. The monoisotopic (exact) mass is 414 g/mol. The molecule has 2 amide bonds. The number of hydrogen-bond acceptors (Lipinski definition) is 5. The molecule has 8 heteroatoms. The minimum atomic E-state index is -0.311. The first-order valence-corrected chi connectivity index (χ1v) is 9.81. The number of benzene rings is 2. The molecule has 1 unspecified atom stereocenters. The Hall–Kier alpha value is -4.20. The predicted molar refractivity (Wildman–Crippen MR) is 117 cm³/mol. The van der Waals surface area contributed by atoms with E-state index in [9.17, 15) is 4.79 Å². The Bertz CT molecular complexity index is 1120. The molecule has 31 heavy (non-hydrogen) atoms. The molecule has 0 saturated carbocycles. The first kappa shape index (κ1) is 20.1. The fraction of sp³-hybridized carbons (Fsp3) is 0.130. The van der Waals surface area contributed by atoms with Crippen LogP contribution >= 0.6 is 0 Å². The molecule has 1 atom stereocenters. The number of urea groups is 1. The van der Waals surface area contributed by atoms with E-state index in [-0.39, 0.29) is 12.1 Å². The van der Waals surface area contributed by atoms with Crippen LogP contribution in [0.5, 0.6) is 11.5 Å². The molecule has 2 heterocycles. The minimum absolute atomic E-state index is 0.266. The number of carbonyl (C=O) groups excluding carboxylic acids is 1. The van der Waals surface area contributed by atoms with E-state index >= 15 is 0 Å². The maximum Gasteiger partial charge on any atom is 0.319 e. The number of amides is 2. The first-order chi connectivity index (χ1) is 15.2. The average molecular weight is 414 g/mol. The van der Waals surface area contributed by atoms with Crippen molar-refractivity contribution in [2.75, 3.05) is 5.32 Å². The number of rotatable bonds is 7. The Morgan fingerprint density at radius 1 is 1.10 bits per heavy atom. The Balaban J connectivity index is 1.43. The summed E-state index contributed by atoms with van der Waals surface area (Å²) < 4.78 is 7.53. The van der Waals surface area contributed by atoms with Gasteiger partial charge in [0.2, 0.25) is 0 Å². The van der Waals surface area contributed by atoms with Gasteiger partial charge in [0.05, 0.1) is 18.8 Å². The summed E-state index contributed by atoms with van der Waals surface area (Å²) in [5.41, 5.74) is 2.54. The molecule has 0 aliphatic carbocycles. The van der Waals surface area contributed by atoms with E-state index in [0.717, 1.165) is 11.1 Å². The van der Waals surface area contributed by atoms with Crippen LogP contribution in [-0.4, -0.2) is 25.8 Å². The van der Waals surface area contributed by atoms with E-state index in [1.807, 2.05) is 61.5 Å². The largest absolute Gasteiger partial charge is 0.455 e. The highest BCUT2D eigenvalue weighted by atomic mass is 16.5. The standard InChI is InChI=1S/C23H22N6O2/c1-17-12-19(9-10-22(17)31-20-8-5-11-24-13-20)27-23(30)28-21(14-29-16-25-15-26-29)18-6-3-2-4-7-18/h2-13,15-16,21H,14H2,1H3,(H2,27,28,30). The van der Waals surface area contributed by atoms with Crippen molar-refractivity contribution in [1.29, 1.82) is 0 Å². The molecular weight excluding hydrogens is 392 g/mol. The van der Waals surface area contributed by atoms with E-state index in [0.29, 0.717) is 23.7 Å². The van der Waals surface area contributed by atoms with Crippen molar-refractivity contribution in [1.82, 2.24) is 25.1 Å². The minimum Gasteiger partial charge on any atom is -0.455 e. The molecular formula is C23H22N6O2. The summed E-state index contributed by atoms with van der Waals surface area (Å²) in [6, 6.07) is 18.3. The van der Waals surface area contributed by atoms with Gasteiger partial charge in [0.15, 0.2) is 0 Å². The summed E-state index contributed by atoms with van der Waals surface area (Å²) in [5, 5.41) is 10.1. The molecule has 4 rings (SSSR count). The van der Waals surface area contributed by atoms with Crippen LogP contribution < -0.4 is 15.4 Å². The van der Waals surface area contributed by atoms with Crippen molar-refractivity contribution in [2.24, 2.45) is 0 Å². The SMILES string of the molecule is Cc1cc(NC(=O)NC(Cn2cncn2)c2ccccc2)ccc1Oc1cccnc1. The third-order valence-corrected chi connectivity index (χ3v) is 4.64. The molecule has 2 aromatic carbocycles. The fourth-order valence-electron chi connectivity index (χ4n) is 3.14. The number of pyridine rings is 1. The van der Waals surface area contributed by atoms with E-state index in [1.54, 1.807) is 29.5 Å². The molecule has 4 aromatic rings. The van der Waals surface area contributed by atoms with Crippen LogP contribution in [0.2, 0.25) is 0 Å². The Morgan fingerprint density at radius 2 is 1.97 bits per heavy atom. The van der Waals surface area contributed by atoms with Crippen LogP contribution in [0.15, 0.2) is 85.7 Å². The molecule has 0 aliphatic rings. The van der Waals surface area contributed by atoms with Crippen LogP contribution in [0.3, 0.4) is 0 Å². The number of carbonyl (C=O) groups is 1. The maximum atomic E-state index is 12.7. The molecule has 0 spiro atoms. The number of aryl methyl sites for hydroxylation is 1. The molecule has 2 aromatic heterocycles. The van der Waals surface area contributed by atoms with Gasteiger partial charge in [-0.15, -0.1) is 0 Å². The maximum absolute atomic E-state index is 12.7. The number of nitrogens with zero attached hydrogens (tertiary/aromatic N) is 4. The van der Waals surface area contributed by atoms with E-state index in [4.69, 9.17) is 4.74 Å². The van der Waals surface area contributed by atoms with Gasteiger partial charge in [-0.3, -0.25) is 9.67 Å². The quantitative estimate of drug-likeness (QED) is 0.469. The van der Waals surface area contributed by atoms with E-state index < -0.39 is 0 Å². The summed E-state index contributed by atoms with van der Waals surface area (Å²) >= 11 is 0. The summed E-state index contributed by atoms with van der Waals surface area (Å²) in [6.07, 6.45) is 6.44. The summed E-state index contributed by atoms with van der Waals surface area (Å²) in [4.78, 5) is 20.7. The lowest BCUT2D eigenvalue weighted by Gasteiger charge is -2.20. The zero-order chi connectivity index (χ0) is 21.5. The third kappa shape index (κ3) is 5.45. The van der Waals surface area contributed by atoms with Crippen LogP contribution in [0.1, 0.15) is 17.2 Å². The van der Waals surface area contributed by atoms with Crippen LogP contribution in [0, 0.1) is 6.92 Å². The number of aromatic nitrogens is 4. The van der Waals surface area contributed by atoms with Gasteiger partial charge in [-0.1, -0.05) is 30.3 Å². The summed E-state index contributed by atoms with van der Waals surface area (Å²) in [6.45, 7) is 2.39. The summed E-state index contributed by atoms with van der Waals surface area (Å²) in [5.74, 6) is 1.36. The smallest absolute Gasteiger partial charge is 0.319 e. The zero-order valence-corrected chi connectivity index (χ0v) is 17.0. The zero-order valence-electron chi connectivity index (χ0n) is 17.0. The molecule has 0 bridgehead atoms. The molecule has 8 nitrogen and oxygen atoms in total. The van der Waals surface area contributed by atoms with Crippen molar-refractivity contribution in [3.8, 4) is 11.5 Å². The molecule has 2 N–H and O–H groups in total. The fourth-order valence-corrected chi connectivity index (χ4v) is 3.14. The second kappa shape index (κ2) is 9.53. The highest BCUT2D eigenvalue weighted by Crippen LogP contribution is 2.27. The van der Waals surface area contributed by atoms with E-state index in [2.05, 4.69) is 25.7 Å². The molecule has 0 saturated heterocycles. The van der Waals surface area contributed by atoms with Gasteiger partial charge in [0.25, 0.3) is 0 Å². The number of hydrogen-bond donors (Lipinski definition) is 2. The van der Waals surface area contributed by atoms with Crippen molar-refractivity contribution in [3.05, 3.63) is 96.8 Å². The topological polar surface area (TPSA) is 94.0 Å². The molecule has 0 aliphatic heterocycles. The van der Waals surface area contributed by atoms with Crippen LogP contribution in [0.25, 0.3) is 0 Å². The van der Waals surface area contributed by atoms with Gasteiger partial charge in [0, 0.05) is 11.9 Å². The average Bonchev–Trinajstić information content (AvgIpc) is 3.30. The van der Waals surface area contributed by atoms with Gasteiger partial charge in [-0.05, 0) is 48.4 Å². The lowest BCUT2D eigenvalue weighted by molar-refractivity contribution is 0.246. The number of anilines is 1. The van der Waals surface area contributed by atoms with Crippen molar-refractivity contribution >= 4 is 11.7 Å². The lowest BCUT2D eigenvalue weighted by atomic mass is 10.1. The second-order valence-electron chi connectivity index (χ2n) is 6.95. The molecule has 156 valence electrons. The highest BCUT2D eigenvalue weighted by Gasteiger charge is 2.16. The lowest BCUT2D eigenvalue weighted by Crippen LogP contribution is -2.35. The second-order valence-corrected chi connectivity index (χ2v) is 6.95. The Labute approximate surface area is 179 Å². The van der Waals surface area contributed by atoms with Crippen molar-refractivity contribution in [3.63, 3.8) is 0 Å². The van der Waals surface area contributed by atoms with Gasteiger partial charge in [-0.25, -0.2) is 9.78 Å². The van der Waals surface area contributed by atoms with Gasteiger partial charge in [-0.2, -0.15) is 5.10 Å².